The van der Waals surface area contributed by atoms with Gasteiger partial charge in [0, 0.05) is 5.02 Å². The lowest BCUT2D eigenvalue weighted by Gasteiger charge is -2.35. The predicted molar refractivity (Wildman–Crippen MR) is 77.5 cm³/mol. The average Bonchev–Trinajstić information content (AvgIpc) is 2.34. The van der Waals surface area contributed by atoms with Crippen LogP contribution in [-0.4, -0.2) is 39.0 Å². The van der Waals surface area contributed by atoms with Gasteiger partial charge in [-0.25, -0.2) is 16.8 Å². The lowest BCUT2D eigenvalue weighted by molar-refractivity contribution is -0.240. The van der Waals surface area contributed by atoms with Crippen molar-refractivity contribution in [3.8, 4) is 0 Å². The third-order valence-corrected chi connectivity index (χ3v) is 8.82. The molecule has 0 aliphatic heterocycles. The first-order valence-electron chi connectivity index (χ1n) is 6.03. The molecule has 0 atom stereocenters. The van der Waals surface area contributed by atoms with E-state index in [0.717, 1.165) is 0 Å². The molecule has 0 spiro atoms. The van der Waals surface area contributed by atoms with Gasteiger partial charge < -0.3 is 0 Å². The van der Waals surface area contributed by atoms with Crippen LogP contribution in [0.2, 0.25) is 5.02 Å². The summed E-state index contributed by atoms with van der Waals surface area (Å²) in [7, 11) is -12.9. The Kier molecular flexibility index (Phi) is 5.63. The Morgan fingerprint density at radius 1 is 0.920 bits per heavy atom. The molecule has 13 heteroatoms. The van der Waals surface area contributed by atoms with Crippen molar-refractivity contribution in [1.29, 1.82) is 0 Å². The highest BCUT2D eigenvalue weighted by Crippen LogP contribution is 2.54. The van der Waals surface area contributed by atoms with Crippen molar-refractivity contribution in [2.45, 2.75) is 21.3 Å². The van der Waals surface area contributed by atoms with E-state index in [1.54, 1.807) is 0 Å². The van der Waals surface area contributed by atoms with Gasteiger partial charge in [-0.05, 0) is 24.3 Å². The normalized spacial score (nSPS) is 14.4. The molecule has 4 nitrogen and oxygen atoms in total. The summed E-state index contributed by atoms with van der Waals surface area (Å²) in [4.78, 5) is -1.50. The molecular formula is C12H9ClF6O4S2. The van der Waals surface area contributed by atoms with Crippen LogP contribution in [0.4, 0.5) is 26.3 Å². The molecule has 0 unspecified atom stereocenters. The van der Waals surface area contributed by atoms with Gasteiger partial charge >= 0.3 is 16.4 Å². The maximum atomic E-state index is 13.4. The fourth-order valence-electron chi connectivity index (χ4n) is 2.04. The van der Waals surface area contributed by atoms with Gasteiger partial charge in [0.1, 0.15) is 0 Å². The van der Waals surface area contributed by atoms with E-state index in [2.05, 4.69) is 6.58 Å². The molecule has 0 heterocycles. The first kappa shape index (κ1) is 21.8. The lowest BCUT2D eigenvalue weighted by Crippen LogP contribution is -2.67. The summed E-state index contributed by atoms with van der Waals surface area (Å²) >= 11 is 5.42. The van der Waals surface area contributed by atoms with Crippen LogP contribution in [0.3, 0.4) is 0 Å². The molecule has 25 heavy (non-hydrogen) atoms. The zero-order valence-corrected chi connectivity index (χ0v) is 14.3. The molecule has 0 bridgehead atoms. The highest BCUT2D eigenvalue weighted by atomic mass is 35.5. The van der Waals surface area contributed by atoms with Crippen LogP contribution in [-0.2, 0) is 19.7 Å². The van der Waals surface area contributed by atoms with Crippen LogP contribution in [0, 0.1) is 0 Å². The summed E-state index contributed by atoms with van der Waals surface area (Å²) in [5, 5.41) is -0.183. The smallest absolute Gasteiger partial charge is 0.226 e. The summed E-state index contributed by atoms with van der Waals surface area (Å²) in [6, 6.07) is 2.14. The van der Waals surface area contributed by atoms with Crippen molar-refractivity contribution in [3.05, 3.63) is 41.9 Å². The van der Waals surface area contributed by atoms with E-state index in [1.165, 1.54) is 0 Å². The van der Waals surface area contributed by atoms with Crippen molar-refractivity contribution in [2.24, 2.45) is 0 Å². The van der Waals surface area contributed by atoms with Gasteiger partial charge in [-0.15, -0.1) is 6.58 Å². The van der Waals surface area contributed by atoms with E-state index >= 15 is 0 Å². The van der Waals surface area contributed by atoms with Gasteiger partial charge in [-0.3, -0.25) is 0 Å². The topological polar surface area (TPSA) is 68.3 Å². The van der Waals surface area contributed by atoms with Gasteiger partial charge in [-0.2, -0.15) is 26.3 Å². The fraction of sp³-hybridized carbons (Fsp3) is 0.333. The van der Waals surface area contributed by atoms with E-state index in [9.17, 15) is 43.2 Å². The van der Waals surface area contributed by atoms with Gasteiger partial charge in [0.2, 0.25) is 9.84 Å². The van der Waals surface area contributed by atoms with Gasteiger partial charge in [0.05, 0.1) is 10.6 Å². The first-order valence-corrected chi connectivity index (χ1v) is 9.54. The van der Waals surface area contributed by atoms with Crippen LogP contribution in [0.25, 0.3) is 0 Å². The van der Waals surface area contributed by atoms with Crippen molar-refractivity contribution in [3.63, 3.8) is 0 Å². The monoisotopic (exact) mass is 430 g/mol. The van der Waals surface area contributed by atoms with E-state index in [0.29, 0.717) is 24.3 Å². The Labute approximate surface area is 143 Å². The molecule has 1 aromatic rings. The summed E-state index contributed by atoms with van der Waals surface area (Å²) in [5.74, 6) is -1.86. The van der Waals surface area contributed by atoms with E-state index in [4.69, 9.17) is 11.6 Å². The Hall–Kier alpha value is -1.27. The van der Waals surface area contributed by atoms with Crippen molar-refractivity contribution in [1.82, 2.24) is 0 Å². The van der Waals surface area contributed by atoms with Crippen molar-refractivity contribution < 1.29 is 43.2 Å². The van der Waals surface area contributed by atoms with Gasteiger partial charge in [-0.1, -0.05) is 17.7 Å². The molecule has 0 fully saturated rings. The second kappa shape index (κ2) is 6.47. The second-order valence-corrected chi connectivity index (χ2v) is 9.60. The number of hydrogen-bond donors (Lipinski definition) is 0. The molecule has 1 aromatic carbocycles. The highest BCUT2D eigenvalue weighted by Gasteiger charge is 2.85. The van der Waals surface area contributed by atoms with Gasteiger partial charge in [0.15, 0.2) is 9.84 Å². The summed E-state index contributed by atoms with van der Waals surface area (Å²) in [6.45, 7) is 2.76. The minimum Gasteiger partial charge on any atom is -0.226 e. The van der Waals surface area contributed by atoms with Crippen LogP contribution < -0.4 is 0 Å². The Bertz CT molecular complexity index is 840. The summed E-state index contributed by atoms with van der Waals surface area (Å²) in [5.41, 5.74) is 0. The number of alkyl halides is 6. The Balaban J connectivity index is 4.09. The van der Waals surface area contributed by atoms with Crippen LogP contribution in [0.15, 0.2) is 41.8 Å². The number of sulfone groups is 2. The zero-order valence-electron chi connectivity index (χ0n) is 11.9. The maximum Gasteiger partial charge on any atom is 0.431 e. The molecule has 0 radical (unpaired) electrons. The van der Waals surface area contributed by atoms with Crippen LogP contribution >= 0.6 is 11.6 Å². The minimum atomic E-state index is -6.72. The number of halogens is 7. The Morgan fingerprint density at radius 2 is 1.32 bits per heavy atom. The molecular weight excluding hydrogens is 422 g/mol. The standard InChI is InChI=1S/C12H9ClF6O4S2/c1-2-7-24(20,21)10(11(14,15)16,12(17,18)19)25(22,23)9-5-3-8(13)4-6-9/h2-6H,1,7H2. The average molecular weight is 431 g/mol. The predicted octanol–water partition coefficient (Wildman–Crippen LogP) is 3.54. The molecule has 0 aromatic heterocycles. The lowest BCUT2D eigenvalue weighted by atomic mass is 10.4. The third-order valence-electron chi connectivity index (χ3n) is 3.02. The number of hydrogen-bond acceptors (Lipinski definition) is 4. The molecule has 142 valence electrons. The van der Waals surface area contributed by atoms with Crippen LogP contribution in [0.1, 0.15) is 0 Å². The number of benzene rings is 1. The molecule has 0 saturated heterocycles. The molecule has 0 saturated carbocycles. The zero-order chi connectivity index (χ0) is 19.9. The third kappa shape index (κ3) is 3.26. The highest BCUT2D eigenvalue weighted by molar-refractivity contribution is 8.10. The van der Waals surface area contributed by atoms with Crippen LogP contribution in [0.5, 0.6) is 0 Å². The maximum absolute atomic E-state index is 13.4. The minimum absolute atomic E-state index is 0.183. The van der Waals surface area contributed by atoms with E-state index in [1.807, 2.05) is 0 Å². The molecule has 0 amide bonds. The fourth-order valence-corrected chi connectivity index (χ4v) is 6.68. The SMILES string of the molecule is C=CCS(=O)(=O)C(C(F)(F)F)(C(F)(F)F)S(=O)(=O)c1ccc(Cl)cc1. The summed E-state index contributed by atoms with van der Waals surface area (Å²) in [6.07, 6.45) is -13.2. The second-order valence-electron chi connectivity index (χ2n) is 4.64. The first-order chi connectivity index (χ1) is 11.1. The molecule has 0 aliphatic carbocycles. The molecule has 0 N–H and O–H groups in total. The number of rotatable bonds is 5. The van der Waals surface area contributed by atoms with E-state index < -0.39 is 46.8 Å². The van der Waals surface area contributed by atoms with Crippen molar-refractivity contribution >= 4 is 31.3 Å². The van der Waals surface area contributed by atoms with Crippen molar-refractivity contribution in [2.75, 3.05) is 5.75 Å². The van der Waals surface area contributed by atoms with Gasteiger partial charge in [0.25, 0.3) is 0 Å². The largest absolute Gasteiger partial charge is 0.431 e. The molecule has 1 rings (SSSR count). The summed E-state index contributed by atoms with van der Waals surface area (Å²) < 4.78 is 123. The Morgan fingerprint density at radius 3 is 1.64 bits per heavy atom. The quantitative estimate of drug-likeness (QED) is 0.529. The van der Waals surface area contributed by atoms with E-state index in [-0.39, 0.29) is 11.1 Å². The molecule has 0 aliphatic rings.